The first-order valence-corrected chi connectivity index (χ1v) is 9.40. The van der Waals surface area contributed by atoms with Gasteiger partial charge < -0.3 is 10.6 Å². The third-order valence-electron chi connectivity index (χ3n) is 4.54. The van der Waals surface area contributed by atoms with E-state index in [0.29, 0.717) is 22.8 Å². The van der Waals surface area contributed by atoms with E-state index in [0.717, 1.165) is 42.8 Å². The average Bonchev–Trinajstić information content (AvgIpc) is 2.97. The van der Waals surface area contributed by atoms with Crippen molar-refractivity contribution < 1.29 is 4.79 Å². The number of nitrogens with two attached hydrogens (primary N) is 1. The van der Waals surface area contributed by atoms with Gasteiger partial charge in [-0.05, 0) is 32.1 Å². The molecular formula is C16H24N6OS. The molecule has 1 saturated heterocycles. The summed E-state index contributed by atoms with van der Waals surface area (Å²) in [6, 6.07) is 0. The molecule has 130 valence electrons. The van der Waals surface area contributed by atoms with Gasteiger partial charge in [0.25, 0.3) is 0 Å². The summed E-state index contributed by atoms with van der Waals surface area (Å²) in [5.74, 6) is 1.45. The highest BCUT2D eigenvalue weighted by Crippen LogP contribution is 2.24. The predicted octanol–water partition coefficient (Wildman–Crippen LogP) is 1.93. The highest BCUT2D eigenvalue weighted by molar-refractivity contribution is 7.99. The summed E-state index contributed by atoms with van der Waals surface area (Å²) >= 11 is 1.38. The summed E-state index contributed by atoms with van der Waals surface area (Å²) in [6.07, 6.45) is 3.10. The SMILES string of the molecule is CCc1c(C)nc(N)n2c(SCC(=O)N3CCC[C@H](C)C3)nnc12. The largest absolute Gasteiger partial charge is 0.369 e. The molecule has 8 heteroatoms. The molecule has 3 rings (SSSR count). The highest BCUT2D eigenvalue weighted by Gasteiger charge is 2.22. The van der Waals surface area contributed by atoms with E-state index in [2.05, 4.69) is 29.0 Å². The van der Waals surface area contributed by atoms with Crippen LogP contribution in [0.2, 0.25) is 0 Å². The van der Waals surface area contributed by atoms with Crippen LogP contribution >= 0.6 is 11.8 Å². The molecule has 1 fully saturated rings. The molecule has 0 aliphatic carbocycles. The number of anilines is 1. The van der Waals surface area contributed by atoms with Crippen LogP contribution in [0.25, 0.3) is 5.65 Å². The van der Waals surface area contributed by atoms with Crippen molar-refractivity contribution >= 4 is 29.3 Å². The maximum Gasteiger partial charge on any atom is 0.233 e. The number of carbonyl (C=O) groups excluding carboxylic acids is 1. The first-order valence-electron chi connectivity index (χ1n) is 8.41. The number of amides is 1. The van der Waals surface area contributed by atoms with Crippen molar-refractivity contribution in [3.8, 4) is 0 Å². The van der Waals surface area contributed by atoms with Gasteiger partial charge in [0.15, 0.2) is 10.8 Å². The topological polar surface area (TPSA) is 89.4 Å². The van der Waals surface area contributed by atoms with Crippen molar-refractivity contribution in [1.82, 2.24) is 24.5 Å². The van der Waals surface area contributed by atoms with Gasteiger partial charge in [-0.25, -0.2) is 9.38 Å². The van der Waals surface area contributed by atoms with Gasteiger partial charge in [-0.15, -0.1) is 10.2 Å². The minimum Gasteiger partial charge on any atom is -0.369 e. The molecule has 0 saturated carbocycles. The van der Waals surface area contributed by atoms with Gasteiger partial charge in [-0.3, -0.25) is 4.79 Å². The van der Waals surface area contributed by atoms with E-state index in [1.54, 1.807) is 4.40 Å². The number of rotatable bonds is 4. The Morgan fingerprint density at radius 3 is 2.92 bits per heavy atom. The lowest BCUT2D eigenvalue weighted by molar-refractivity contribution is -0.130. The number of piperidine rings is 1. The summed E-state index contributed by atoms with van der Waals surface area (Å²) in [5, 5.41) is 9.11. The quantitative estimate of drug-likeness (QED) is 0.849. The van der Waals surface area contributed by atoms with Crippen LogP contribution in [0.5, 0.6) is 0 Å². The highest BCUT2D eigenvalue weighted by atomic mass is 32.2. The number of nitrogens with zero attached hydrogens (tertiary/aromatic N) is 5. The fourth-order valence-corrected chi connectivity index (χ4v) is 4.11. The van der Waals surface area contributed by atoms with Crippen LogP contribution in [-0.4, -0.2) is 49.2 Å². The maximum atomic E-state index is 12.4. The van der Waals surface area contributed by atoms with Crippen molar-refractivity contribution in [1.29, 1.82) is 0 Å². The zero-order chi connectivity index (χ0) is 17.3. The number of aryl methyl sites for hydroxylation is 2. The molecule has 0 unspecified atom stereocenters. The zero-order valence-corrected chi connectivity index (χ0v) is 15.3. The number of thioether (sulfide) groups is 1. The Bertz CT molecular complexity index is 759. The van der Waals surface area contributed by atoms with Crippen LogP contribution in [0.4, 0.5) is 5.95 Å². The van der Waals surface area contributed by atoms with Crippen LogP contribution in [0.15, 0.2) is 5.16 Å². The van der Waals surface area contributed by atoms with Crippen molar-refractivity contribution in [2.24, 2.45) is 5.92 Å². The molecule has 0 bridgehead atoms. The fraction of sp³-hybridized carbons (Fsp3) is 0.625. The van der Waals surface area contributed by atoms with Gasteiger partial charge in [0.2, 0.25) is 11.9 Å². The van der Waals surface area contributed by atoms with Crippen molar-refractivity contribution in [3.63, 3.8) is 0 Å². The molecule has 0 radical (unpaired) electrons. The summed E-state index contributed by atoms with van der Waals surface area (Å²) in [6.45, 7) is 7.89. The molecule has 1 atom stereocenters. The lowest BCUT2D eigenvalue weighted by Gasteiger charge is -2.30. The number of nitrogen functional groups attached to an aromatic ring is 1. The average molecular weight is 348 g/mol. The Hall–Kier alpha value is -1.83. The predicted molar refractivity (Wildman–Crippen MR) is 95.0 cm³/mol. The molecule has 3 heterocycles. The van der Waals surface area contributed by atoms with Crippen LogP contribution in [0, 0.1) is 12.8 Å². The molecule has 2 aromatic rings. The molecule has 0 spiro atoms. The van der Waals surface area contributed by atoms with Gasteiger partial charge in [-0.1, -0.05) is 25.6 Å². The lowest BCUT2D eigenvalue weighted by Crippen LogP contribution is -2.40. The smallest absolute Gasteiger partial charge is 0.233 e. The number of aromatic nitrogens is 4. The third-order valence-corrected chi connectivity index (χ3v) is 5.45. The Labute approximate surface area is 146 Å². The van der Waals surface area contributed by atoms with Gasteiger partial charge >= 0.3 is 0 Å². The van der Waals surface area contributed by atoms with Crippen molar-refractivity contribution in [3.05, 3.63) is 11.3 Å². The molecule has 7 nitrogen and oxygen atoms in total. The molecule has 2 N–H and O–H groups in total. The monoisotopic (exact) mass is 348 g/mol. The summed E-state index contributed by atoms with van der Waals surface area (Å²) in [7, 11) is 0. The minimum atomic E-state index is 0.151. The normalized spacial score (nSPS) is 18.3. The first kappa shape index (κ1) is 17.0. The Balaban J connectivity index is 1.77. The van der Waals surface area contributed by atoms with Crippen molar-refractivity contribution in [2.45, 2.75) is 45.2 Å². The van der Waals surface area contributed by atoms with Crippen LogP contribution in [-0.2, 0) is 11.2 Å². The Morgan fingerprint density at radius 2 is 2.21 bits per heavy atom. The lowest BCUT2D eigenvalue weighted by atomic mass is 10.0. The molecule has 1 aliphatic rings. The second kappa shape index (κ2) is 6.96. The second-order valence-electron chi connectivity index (χ2n) is 6.40. The Morgan fingerprint density at radius 1 is 1.42 bits per heavy atom. The second-order valence-corrected chi connectivity index (χ2v) is 7.35. The van der Waals surface area contributed by atoms with E-state index in [1.165, 1.54) is 18.2 Å². The molecule has 0 aromatic carbocycles. The van der Waals surface area contributed by atoms with Gasteiger partial charge in [0, 0.05) is 24.3 Å². The molecule has 1 aliphatic heterocycles. The first-order chi connectivity index (χ1) is 11.5. The number of carbonyl (C=O) groups is 1. The van der Waals surface area contributed by atoms with Gasteiger partial charge in [-0.2, -0.15) is 0 Å². The minimum absolute atomic E-state index is 0.151. The van der Waals surface area contributed by atoms with E-state index in [1.807, 2.05) is 11.8 Å². The molecular weight excluding hydrogens is 324 g/mol. The van der Waals surface area contributed by atoms with Gasteiger partial charge in [0.05, 0.1) is 5.75 Å². The maximum absolute atomic E-state index is 12.4. The van der Waals surface area contributed by atoms with Gasteiger partial charge in [0.1, 0.15) is 0 Å². The molecule has 24 heavy (non-hydrogen) atoms. The van der Waals surface area contributed by atoms with E-state index in [-0.39, 0.29) is 5.91 Å². The van der Waals surface area contributed by atoms with Crippen LogP contribution in [0.3, 0.4) is 0 Å². The summed E-state index contributed by atoms with van der Waals surface area (Å²) in [5.41, 5.74) is 8.72. The number of hydrogen-bond donors (Lipinski definition) is 1. The number of hydrogen-bond acceptors (Lipinski definition) is 6. The van der Waals surface area contributed by atoms with Crippen molar-refractivity contribution in [2.75, 3.05) is 24.6 Å². The standard InChI is InChI=1S/C16H24N6OS/c1-4-12-11(3)18-15(17)22-14(12)19-20-16(22)24-9-13(23)21-7-5-6-10(2)8-21/h10H,4-9H2,1-3H3,(H2,17,18)/t10-/m0/s1. The fourth-order valence-electron chi connectivity index (χ4n) is 3.26. The summed E-state index contributed by atoms with van der Waals surface area (Å²) in [4.78, 5) is 18.8. The summed E-state index contributed by atoms with van der Waals surface area (Å²) < 4.78 is 1.75. The van der Waals surface area contributed by atoms with Crippen LogP contribution < -0.4 is 5.73 Å². The van der Waals surface area contributed by atoms with Crippen LogP contribution in [0.1, 0.15) is 37.9 Å². The van der Waals surface area contributed by atoms with E-state index < -0.39 is 0 Å². The Kier molecular flexibility index (Phi) is 4.93. The molecule has 1 amide bonds. The number of likely N-dealkylation sites (tertiary alicyclic amines) is 1. The zero-order valence-electron chi connectivity index (χ0n) is 14.4. The number of fused-ring (bicyclic) bond motifs is 1. The van der Waals surface area contributed by atoms with E-state index in [4.69, 9.17) is 5.73 Å². The van der Waals surface area contributed by atoms with E-state index in [9.17, 15) is 4.79 Å². The van der Waals surface area contributed by atoms with E-state index >= 15 is 0 Å². The third kappa shape index (κ3) is 3.19. The molecule has 2 aromatic heterocycles.